The number of azide groups is 1. The lowest BCUT2D eigenvalue weighted by atomic mass is 10.0. The van der Waals surface area contributed by atoms with Crippen LogP contribution in [-0.2, 0) is 0 Å². The predicted octanol–water partition coefficient (Wildman–Crippen LogP) is 1.14. The Balaban J connectivity index is 3.08. The highest BCUT2D eigenvalue weighted by Crippen LogP contribution is 2.23. The van der Waals surface area contributed by atoms with Crippen LogP contribution in [0.2, 0.25) is 5.15 Å². The minimum Gasteiger partial charge on any atom is -0.478 e. The topological polar surface area (TPSA) is 139 Å². The number of carboxylic acids is 1. The van der Waals surface area contributed by atoms with Crippen molar-refractivity contribution >= 4 is 17.6 Å². The number of aliphatic hydroxyl groups excluding tert-OH is 2. The maximum absolute atomic E-state index is 11.0. The molecular weight excluding hydrogens is 264 g/mol. The van der Waals surface area contributed by atoms with E-state index < -0.39 is 18.2 Å². The first-order valence-corrected chi connectivity index (χ1v) is 5.11. The third kappa shape index (κ3) is 3.31. The van der Waals surface area contributed by atoms with Crippen molar-refractivity contribution in [2.75, 3.05) is 6.54 Å². The van der Waals surface area contributed by atoms with Crippen molar-refractivity contribution in [1.82, 2.24) is 4.98 Å². The van der Waals surface area contributed by atoms with Crippen LogP contribution in [0.3, 0.4) is 0 Å². The molecule has 1 heterocycles. The molecule has 0 aliphatic carbocycles. The Hall–Kier alpha value is -1.86. The molecule has 1 aromatic rings. The zero-order chi connectivity index (χ0) is 13.7. The summed E-state index contributed by atoms with van der Waals surface area (Å²) in [4.78, 5) is 17.0. The number of carbonyl (C=O) groups is 1. The lowest BCUT2D eigenvalue weighted by Gasteiger charge is -2.17. The van der Waals surface area contributed by atoms with E-state index in [4.69, 9.17) is 22.2 Å². The van der Waals surface area contributed by atoms with E-state index in [2.05, 4.69) is 15.0 Å². The Labute approximate surface area is 106 Å². The summed E-state index contributed by atoms with van der Waals surface area (Å²) in [6.45, 7) is -0.390. The highest BCUT2D eigenvalue weighted by Gasteiger charge is 2.24. The fourth-order valence-electron chi connectivity index (χ4n) is 1.29. The van der Waals surface area contributed by atoms with E-state index >= 15 is 0 Å². The number of hydrogen-bond acceptors (Lipinski definition) is 5. The molecule has 0 bridgehead atoms. The molecule has 96 valence electrons. The number of halogens is 1. The van der Waals surface area contributed by atoms with Crippen molar-refractivity contribution in [1.29, 1.82) is 0 Å². The van der Waals surface area contributed by atoms with Gasteiger partial charge in [-0.05, 0) is 11.6 Å². The second-order valence-electron chi connectivity index (χ2n) is 3.33. The number of aromatic carboxylic acids is 1. The summed E-state index contributed by atoms with van der Waals surface area (Å²) in [7, 11) is 0. The lowest BCUT2D eigenvalue weighted by Crippen LogP contribution is -2.23. The van der Waals surface area contributed by atoms with Gasteiger partial charge in [-0.1, -0.05) is 16.7 Å². The molecule has 0 aliphatic rings. The van der Waals surface area contributed by atoms with Gasteiger partial charge in [0.25, 0.3) is 0 Å². The second kappa shape index (κ2) is 6.18. The van der Waals surface area contributed by atoms with Crippen molar-refractivity contribution in [3.63, 3.8) is 0 Å². The van der Waals surface area contributed by atoms with Crippen LogP contribution in [0, 0.1) is 0 Å². The fraction of sp³-hybridized carbons (Fsp3) is 0.333. The van der Waals surface area contributed by atoms with Gasteiger partial charge in [0, 0.05) is 16.7 Å². The number of hydrogen-bond donors (Lipinski definition) is 3. The number of nitrogens with zero attached hydrogens (tertiary/aromatic N) is 4. The first-order chi connectivity index (χ1) is 8.47. The van der Waals surface area contributed by atoms with Gasteiger partial charge in [0.15, 0.2) is 0 Å². The number of carboxylic acid groups (broad SMARTS) is 1. The number of aromatic nitrogens is 1. The van der Waals surface area contributed by atoms with Crippen LogP contribution in [0.25, 0.3) is 10.4 Å². The summed E-state index contributed by atoms with van der Waals surface area (Å²) >= 11 is 5.54. The summed E-state index contributed by atoms with van der Waals surface area (Å²) in [6, 6.07) is 1.06. The molecule has 0 spiro atoms. The summed E-state index contributed by atoms with van der Waals surface area (Å²) in [5.41, 5.74) is 7.71. The quantitative estimate of drug-likeness (QED) is 0.319. The Morgan fingerprint density at radius 3 is 2.83 bits per heavy atom. The molecule has 0 saturated heterocycles. The molecular formula is C9H9ClN4O4. The number of aliphatic hydroxyl groups is 2. The summed E-state index contributed by atoms with van der Waals surface area (Å²) in [6.07, 6.45) is -1.91. The molecule has 9 heteroatoms. The maximum Gasteiger partial charge on any atom is 0.336 e. The zero-order valence-corrected chi connectivity index (χ0v) is 9.69. The number of rotatable bonds is 5. The van der Waals surface area contributed by atoms with E-state index in [0.717, 1.165) is 12.3 Å². The smallest absolute Gasteiger partial charge is 0.336 e. The van der Waals surface area contributed by atoms with Gasteiger partial charge in [0.1, 0.15) is 11.3 Å². The van der Waals surface area contributed by atoms with E-state index in [1.54, 1.807) is 0 Å². The van der Waals surface area contributed by atoms with Crippen LogP contribution in [-0.4, -0.2) is 38.9 Å². The SMILES string of the molecule is [N-]=[N+]=NCC(O)C(O)c1cnc(Cl)cc1C(=O)O. The van der Waals surface area contributed by atoms with E-state index in [0.29, 0.717) is 0 Å². The first kappa shape index (κ1) is 14.2. The van der Waals surface area contributed by atoms with Crippen LogP contribution in [0.4, 0.5) is 0 Å². The fourth-order valence-corrected chi connectivity index (χ4v) is 1.45. The summed E-state index contributed by atoms with van der Waals surface area (Å²) in [5.74, 6) is -1.32. The molecule has 0 amide bonds. The highest BCUT2D eigenvalue weighted by molar-refractivity contribution is 6.29. The van der Waals surface area contributed by atoms with Gasteiger partial charge in [-0.15, -0.1) is 0 Å². The Bertz CT molecular complexity index is 503. The maximum atomic E-state index is 11.0. The summed E-state index contributed by atoms with van der Waals surface area (Å²) in [5, 5.41) is 31.2. The molecule has 0 radical (unpaired) electrons. The molecule has 1 aromatic heterocycles. The lowest BCUT2D eigenvalue weighted by molar-refractivity contribution is 0.0230. The molecule has 18 heavy (non-hydrogen) atoms. The molecule has 0 saturated carbocycles. The Morgan fingerprint density at radius 2 is 2.28 bits per heavy atom. The minimum atomic E-state index is -1.54. The van der Waals surface area contributed by atoms with Crippen LogP contribution in [0.1, 0.15) is 22.0 Å². The van der Waals surface area contributed by atoms with Crippen LogP contribution < -0.4 is 0 Å². The van der Waals surface area contributed by atoms with E-state index in [9.17, 15) is 15.0 Å². The largest absolute Gasteiger partial charge is 0.478 e. The normalized spacial score (nSPS) is 13.5. The molecule has 0 fully saturated rings. The highest BCUT2D eigenvalue weighted by atomic mass is 35.5. The van der Waals surface area contributed by atoms with Gasteiger partial charge in [0.05, 0.1) is 18.2 Å². The van der Waals surface area contributed by atoms with Gasteiger partial charge >= 0.3 is 5.97 Å². The second-order valence-corrected chi connectivity index (χ2v) is 3.71. The van der Waals surface area contributed by atoms with Crippen molar-refractivity contribution in [3.8, 4) is 0 Å². The van der Waals surface area contributed by atoms with E-state index in [1.807, 2.05) is 0 Å². The average molecular weight is 273 g/mol. The average Bonchev–Trinajstić information content (AvgIpc) is 2.34. The van der Waals surface area contributed by atoms with Gasteiger partial charge in [-0.25, -0.2) is 9.78 Å². The van der Waals surface area contributed by atoms with Gasteiger partial charge in [-0.3, -0.25) is 0 Å². The molecule has 8 nitrogen and oxygen atoms in total. The molecule has 1 rings (SSSR count). The molecule has 2 atom stereocenters. The third-order valence-electron chi connectivity index (χ3n) is 2.15. The molecule has 3 N–H and O–H groups in total. The van der Waals surface area contributed by atoms with Gasteiger partial charge in [0.2, 0.25) is 0 Å². The molecule has 0 aromatic carbocycles. The van der Waals surface area contributed by atoms with Gasteiger partial charge in [-0.2, -0.15) is 0 Å². The number of pyridine rings is 1. The Kier molecular flexibility index (Phi) is 4.87. The molecule has 2 unspecified atom stereocenters. The monoisotopic (exact) mass is 272 g/mol. The standard InChI is InChI=1S/C9H9ClN4O4/c10-7-1-4(9(17)18)5(2-12-7)8(16)6(15)3-13-14-11/h1-2,6,8,15-16H,3H2,(H,17,18). The zero-order valence-electron chi connectivity index (χ0n) is 8.93. The summed E-state index contributed by atoms with van der Waals surface area (Å²) < 4.78 is 0. The van der Waals surface area contributed by atoms with Crippen LogP contribution in [0.5, 0.6) is 0 Å². The van der Waals surface area contributed by atoms with Crippen LogP contribution in [0.15, 0.2) is 17.4 Å². The first-order valence-electron chi connectivity index (χ1n) is 4.73. The minimum absolute atomic E-state index is 0.0483. The van der Waals surface area contributed by atoms with Crippen molar-refractivity contribution < 1.29 is 20.1 Å². The predicted molar refractivity (Wildman–Crippen MR) is 61.2 cm³/mol. The molecule has 0 aliphatic heterocycles. The Morgan fingerprint density at radius 1 is 1.61 bits per heavy atom. The van der Waals surface area contributed by atoms with E-state index in [-0.39, 0.29) is 22.8 Å². The van der Waals surface area contributed by atoms with Crippen molar-refractivity contribution in [2.24, 2.45) is 5.11 Å². The third-order valence-corrected chi connectivity index (χ3v) is 2.35. The van der Waals surface area contributed by atoms with Crippen molar-refractivity contribution in [2.45, 2.75) is 12.2 Å². The van der Waals surface area contributed by atoms with Crippen molar-refractivity contribution in [3.05, 3.63) is 39.0 Å². The van der Waals surface area contributed by atoms with E-state index in [1.165, 1.54) is 0 Å². The van der Waals surface area contributed by atoms with Crippen LogP contribution >= 0.6 is 11.6 Å². The van der Waals surface area contributed by atoms with Gasteiger partial charge < -0.3 is 15.3 Å².